The number of hydrogen-bond donors (Lipinski definition) is 2. The largest absolute Gasteiger partial charge is 0.398 e. The number of fused-ring (bicyclic) bond motifs is 1. The molecule has 1 aromatic heterocycles. The van der Waals surface area contributed by atoms with Gasteiger partial charge in [-0.1, -0.05) is 6.92 Å². The van der Waals surface area contributed by atoms with Gasteiger partial charge in [0.15, 0.2) is 0 Å². The molecule has 0 bridgehead atoms. The quantitative estimate of drug-likeness (QED) is 0.814. The number of nitrogen functional groups attached to an aromatic ring is 1. The second kappa shape index (κ2) is 6.23. The maximum Gasteiger partial charge on any atom is 0.239 e. The molecule has 20 heavy (non-hydrogen) atoms. The average molecular weight is 272 g/mol. The lowest BCUT2D eigenvalue weighted by Crippen LogP contribution is -2.36. The molecule has 0 spiro atoms. The summed E-state index contributed by atoms with van der Waals surface area (Å²) >= 11 is 0. The Morgan fingerprint density at radius 1 is 1.35 bits per heavy atom. The van der Waals surface area contributed by atoms with Crippen molar-refractivity contribution in [1.29, 1.82) is 0 Å². The van der Waals surface area contributed by atoms with Crippen LogP contribution in [-0.4, -0.2) is 31.0 Å². The van der Waals surface area contributed by atoms with Crippen LogP contribution in [0.4, 0.5) is 11.4 Å². The molecule has 0 aliphatic heterocycles. The Morgan fingerprint density at radius 3 is 2.85 bits per heavy atom. The van der Waals surface area contributed by atoms with Crippen molar-refractivity contribution in [1.82, 2.24) is 10.3 Å². The van der Waals surface area contributed by atoms with Crippen LogP contribution in [0, 0.1) is 0 Å². The topological polar surface area (TPSA) is 71.2 Å². The number of carbonyl (C=O) groups is 1. The van der Waals surface area contributed by atoms with E-state index < -0.39 is 0 Å². The Labute approximate surface area is 118 Å². The summed E-state index contributed by atoms with van der Waals surface area (Å²) in [5.41, 5.74) is 7.71. The lowest BCUT2D eigenvalue weighted by molar-refractivity contribution is -0.119. The number of carbonyl (C=O) groups excluding carboxylic acids is 1. The van der Waals surface area contributed by atoms with Gasteiger partial charge < -0.3 is 16.0 Å². The summed E-state index contributed by atoms with van der Waals surface area (Å²) in [5.74, 6) is -0.00233. The van der Waals surface area contributed by atoms with Crippen LogP contribution >= 0.6 is 0 Å². The lowest BCUT2D eigenvalue weighted by Gasteiger charge is -2.25. The van der Waals surface area contributed by atoms with Gasteiger partial charge in [-0.2, -0.15) is 0 Å². The molecule has 3 N–H and O–H groups in total. The zero-order chi connectivity index (χ0) is 14.5. The first-order chi connectivity index (χ1) is 9.67. The molecule has 0 radical (unpaired) electrons. The van der Waals surface area contributed by atoms with Crippen LogP contribution in [0.25, 0.3) is 10.8 Å². The first kappa shape index (κ1) is 14.1. The van der Waals surface area contributed by atoms with E-state index in [4.69, 9.17) is 5.73 Å². The van der Waals surface area contributed by atoms with Crippen LogP contribution in [0.2, 0.25) is 0 Å². The smallest absolute Gasteiger partial charge is 0.239 e. The molecule has 1 heterocycles. The van der Waals surface area contributed by atoms with E-state index in [1.165, 1.54) is 0 Å². The van der Waals surface area contributed by atoms with E-state index in [-0.39, 0.29) is 5.91 Å². The fourth-order valence-corrected chi connectivity index (χ4v) is 2.28. The summed E-state index contributed by atoms with van der Waals surface area (Å²) in [5, 5.41) is 4.61. The number of rotatable bonds is 5. The van der Waals surface area contributed by atoms with Crippen LogP contribution in [0.1, 0.15) is 13.3 Å². The second-order valence-electron chi connectivity index (χ2n) is 4.69. The van der Waals surface area contributed by atoms with Gasteiger partial charge in [-0.15, -0.1) is 0 Å². The third-order valence-corrected chi connectivity index (χ3v) is 3.28. The van der Waals surface area contributed by atoms with Crippen molar-refractivity contribution in [3.63, 3.8) is 0 Å². The summed E-state index contributed by atoms with van der Waals surface area (Å²) in [6, 6.07) is 5.77. The van der Waals surface area contributed by atoms with Crippen LogP contribution in [0.5, 0.6) is 0 Å². The van der Waals surface area contributed by atoms with Gasteiger partial charge in [-0.05, 0) is 24.6 Å². The first-order valence-corrected chi connectivity index (χ1v) is 6.75. The Hall–Kier alpha value is -2.30. The molecule has 5 heteroatoms. The Kier molecular flexibility index (Phi) is 4.40. The van der Waals surface area contributed by atoms with E-state index in [0.29, 0.717) is 12.2 Å². The van der Waals surface area contributed by atoms with E-state index in [1.54, 1.807) is 19.4 Å². The number of nitrogens with one attached hydrogen (secondary N) is 1. The van der Waals surface area contributed by atoms with Crippen molar-refractivity contribution in [3.05, 3.63) is 30.6 Å². The summed E-state index contributed by atoms with van der Waals surface area (Å²) < 4.78 is 0. The lowest BCUT2D eigenvalue weighted by atomic mass is 10.1. The standard InChI is InChI=1S/C15H20N4O/c1-3-8-19(10-15(20)17-2)14-5-4-13(16)12-9-18-7-6-11(12)14/h4-7,9H,3,8,10,16H2,1-2H3,(H,17,20). The van der Waals surface area contributed by atoms with Gasteiger partial charge in [0, 0.05) is 48.1 Å². The highest BCUT2D eigenvalue weighted by molar-refractivity contribution is 6.01. The molecule has 1 aromatic carbocycles. The summed E-state index contributed by atoms with van der Waals surface area (Å²) in [6.07, 6.45) is 4.47. The molecule has 0 unspecified atom stereocenters. The molecule has 1 amide bonds. The van der Waals surface area contributed by atoms with Crippen molar-refractivity contribution < 1.29 is 4.79 Å². The summed E-state index contributed by atoms with van der Waals surface area (Å²) in [7, 11) is 1.65. The van der Waals surface area contributed by atoms with Gasteiger partial charge in [0.1, 0.15) is 0 Å². The minimum Gasteiger partial charge on any atom is -0.398 e. The second-order valence-corrected chi connectivity index (χ2v) is 4.69. The highest BCUT2D eigenvalue weighted by atomic mass is 16.1. The zero-order valence-electron chi connectivity index (χ0n) is 11.9. The molecule has 0 saturated heterocycles. The molecular weight excluding hydrogens is 252 g/mol. The maximum atomic E-state index is 11.7. The van der Waals surface area contributed by atoms with Crippen molar-refractivity contribution in [2.75, 3.05) is 30.8 Å². The number of nitrogens with two attached hydrogens (primary N) is 1. The van der Waals surface area contributed by atoms with Gasteiger partial charge in [0.25, 0.3) is 0 Å². The van der Waals surface area contributed by atoms with Crippen LogP contribution < -0.4 is 16.0 Å². The predicted molar refractivity (Wildman–Crippen MR) is 82.7 cm³/mol. The van der Waals surface area contributed by atoms with Gasteiger partial charge in [-0.25, -0.2) is 0 Å². The predicted octanol–water partition coefficient (Wildman–Crippen LogP) is 1.78. The number of benzene rings is 1. The van der Waals surface area contributed by atoms with Gasteiger partial charge >= 0.3 is 0 Å². The van der Waals surface area contributed by atoms with Gasteiger partial charge in [0.2, 0.25) is 5.91 Å². The van der Waals surface area contributed by atoms with Crippen molar-refractivity contribution >= 4 is 28.1 Å². The molecule has 0 aliphatic rings. The average Bonchev–Trinajstić information content (AvgIpc) is 2.47. The molecule has 0 saturated carbocycles. The molecule has 0 atom stereocenters. The fourth-order valence-electron chi connectivity index (χ4n) is 2.28. The highest BCUT2D eigenvalue weighted by Gasteiger charge is 2.13. The van der Waals surface area contributed by atoms with E-state index >= 15 is 0 Å². The number of likely N-dealkylation sites (N-methyl/N-ethyl adjacent to an activating group) is 1. The van der Waals surface area contributed by atoms with Crippen LogP contribution in [0.15, 0.2) is 30.6 Å². The number of aromatic nitrogens is 1. The maximum absolute atomic E-state index is 11.7. The van der Waals surface area contributed by atoms with Crippen LogP contribution in [-0.2, 0) is 4.79 Å². The van der Waals surface area contributed by atoms with E-state index in [9.17, 15) is 4.79 Å². The zero-order valence-corrected chi connectivity index (χ0v) is 11.9. The number of nitrogens with zero attached hydrogens (tertiary/aromatic N) is 2. The molecule has 0 aliphatic carbocycles. The van der Waals surface area contributed by atoms with E-state index in [0.717, 1.165) is 29.4 Å². The van der Waals surface area contributed by atoms with E-state index in [1.807, 2.05) is 18.2 Å². The first-order valence-electron chi connectivity index (χ1n) is 6.75. The number of hydrogen-bond acceptors (Lipinski definition) is 4. The van der Waals surface area contributed by atoms with Crippen molar-refractivity contribution in [2.45, 2.75) is 13.3 Å². The van der Waals surface area contributed by atoms with Gasteiger partial charge in [-0.3, -0.25) is 9.78 Å². The summed E-state index contributed by atoms with van der Waals surface area (Å²) in [6.45, 7) is 3.25. The highest BCUT2D eigenvalue weighted by Crippen LogP contribution is 2.30. The molecule has 2 rings (SSSR count). The molecular formula is C15H20N4O. The Morgan fingerprint density at radius 2 is 2.15 bits per heavy atom. The number of anilines is 2. The fraction of sp³-hybridized carbons (Fsp3) is 0.333. The number of pyridine rings is 1. The number of amides is 1. The summed E-state index contributed by atoms with van der Waals surface area (Å²) in [4.78, 5) is 17.9. The third kappa shape index (κ3) is 2.82. The van der Waals surface area contributed by atoms with Crippen molar-refractivity contribution in [2.24, 2.45) is 0 Å². The minimum absolute atomic E-state index is 0.00233. The minimum atomic E-state index is -0.00233. The molecule has 5 nitrogen and oxygen atoms in total. The Balaban J connectivity index is 2.47. The molecule has 2 aromatic rings. The van der Waals surface area contributed by atoms with Crippen molar-refractivity contribution in [3.8, 4) is 0 Å². The monoisotopic (exact) mass is 272 g/mol. The Bertz CT molecular complexity index is 612. The van der Waals surface area contributed by atoms with E-state index in [2.05, 4.69) is 22.1 Å². The normalized spacial score (nSPS) is 10.5. The SMILES string of the molecule is CCCN(CC(=O)NC)c1ccc(N)c2cnccc12. The van der Waals surface area contributed by atoms with Gasteiger partial charge in [0.05, 0.1) is 6.54 Å². The molecule has 0 fully saturated rings. The molecule has 106 valence electrons. The third-order valence-electron chi connectivity index (χ3n) is 3.28. The van der Waals surface area contributed by atoms with Crippen LogP contribution in [0.3, 0.4) is 0 Å².